The van der Waals surface area contributed by atoms with Crippen molar-refractivity contribution in [3.63, 3.8) is 0 Å². The molecule has 1 aliphatic carbocycles. The predicted molar refractivity (Wildman–Crippen MR) is 162 cm³/mol. The topological polar surface area (TPSA) is 91.8 Å². The summed E-state index contributed by atoms with van der Waals surface area (Å²) in [5.74, 6) is 2.94. The first kappa shape index (κ1) is 28.0. The Hall–Kier alpha value is -2.85. The van der Waals surface area contributed by atoms with Gasteiger partial charge in [0.05, 0.1) is 36.2 Å². The van der Waals surface area contributed by atoms with Crippen LogP contribution in [0.25, 0.3) is 0 Å². The van der Waals surface area contributed by atoms with Crippen LogP contribution in [-0.4, -0.2) is 96.8 Å². The SMILES string of the molecule is CC1OC2=C(CC(C3CCN(C4CN(C(=O)OC(C)(C)C)C4)CC3)N=C2C2CC2)Nc2nccc(N3CCOCC3)c21. The van der Waals surface area contributed by atoms with Crippen LogP contribution in [-0.2, 0) is 14.2 Å². The number of hydrogen-bond acceptors (Lipinski definition) is 9. The van der Waals surface area contributed by atoms with Crippen LogP contribution < -0.4 is 10.2 Å². The molecule has 42 heavy (non-hydrogen) atoms. The number of morpholine rings is 1. The van der Waals surface area contributed by atoms with Gasteiger partial charge in [-0.3, -0.25) is 9.89 Å². The van der Waals surface area contributed by atoms with E-state index in [0.717, 1.165) is 94.6 Å². The Morgan fingerprint density at radius 2 is 1.81 bits per heavy atom. The molecule has 4 fully saturated rings. The minimum atomic E-state index is -0.450. The Morgan fingerprint density at radius 3 is 2.50 bits per heavy atom. The number of carbonyl (C=O) groups excluding carboxylic acids is 1. The Labute approximate surface area is 249 Å². The molecule has 1 N–H and O–H groups in total. The highest BCUT2D eigenvalue weighted by atomic mass is 16.6. The van der Waals surface area contributed by atoms with Crippen LogP contribution in [0.15, 0.2) is 28.7 Å². The number of aliphatic imine (C=N–C) groups is 1. The van der Waals surface area contributed by atoms with Crippen molar-refractivity contribution in [3.8, 4) is 0 Å². The normalized spacial score (nSPS) is 27.7. The first-order valence-corrected chi connectivity index (χ1v) is 16.0. The summed E-state index contributed by atoms with van der Waals surface area (Å²) < 4.78 is 18.0. The van der Waals surface area contributed by atoms with Gasteiger partial charge in [0.15, 0.2) is 5.76 Å². The number of ether oxygens (including phenoxy) is 3. The van der Waals surface area contributed by atoms with Gasteiger partial charge in [-0.1, -0.05) is 0 Å². The van der Waals surface area contributed by atoms with E-state index in [1.54, 1.807) is 0 Å². The second-order valence-corrected chi connectivity index (χ2v) is 13.9. The fourth-order valence-electron chi connectivity index (χ4n) is 7.15. The lowest BCUT2D eigenvalue weighted by molar-refractivity contribution is -0.0223. The van der Waals surface area contributed by atoms with Crippen LogP contribution in [0.1, 0.15) is 71.5 Å². The van der Waals surface area contributed by atoms with Crippen LogP contribution in [0.4, 0.5) is 16.3 Å². The minimum Gasteiger partial charge on any atom is -0.482 e. The average Bonchev–Trinajstić information content (AvgIpc) is 3.79. The Bertz CT molecular complexity index is 1250. The van der Waals surface area contributed by atoms with Gasteiger partial charge >= 0.3 is 6.09 Å². The smallest absolute Gasteiger partial charge is 0.410 e. The maximum atomic E-state index is 12.4. The third-order valence-corrected chi connectivity index (χ3v) is 9.63. The largest absolute Gasteiger partial charge is 0.482 e. The number of likely N-dealkylation sites (tertiary alicyclic amines) is 2. The molecular formula is C32H46N6O4. The number of piperidine rings is 1. The summed E-state index contributed by atoms with van der Waals surface area (Å²) in [6.07, 6.45) is 7.13. The fourth-order valence-corrected chi connectivity index (χ4v) is 7.15. The van der Waals surface area contributed by atoms with Gasteiger partial charge in [-0.15, -0.1) is 0 Å². The lowest BCUT2D eigenvalue weighted by atomic mass is 9.84. The quantitative estimate of drug-likeness (QED) is 0.555. The summed E-state index contributed by atoms with van der Waals surface area (Å²) in [7, 11) is 0. The monoisotopic (exact) mass is 578 g/mol. The number of nitrogens with one attached hydrogen (secondary N) is 1. The molecule has 1 amide bonds. The summed E-state index contributed by atoms with van der Waals surface area (Å²) in [5.41, 5.74) is 4.21. The molecule has 0 spiro atoms. The number of anilines is 2. The molecule has 10 heteroatoms. The molecule has 1 aromatic heterocycles. The highest BCUT2D eigenvalue weighted by Gasteiger charge is 2.43. The number of rotatable bonds is 4. The zero-order valence-corrected chi connectivity index (χ0v) is 25.6. The van der Waals surface area contributed by atoms with Crippen molar-refractivity contribution >= 4 is 23.3 Å². The van der Waals surface area contributed by atoms with Crippen molar-refractivity contribution in [2.24, 2.45) is 16.8 Å². The first-order chi connectivity index (χ1) is 20.2. The minimum absolute atomic E-state index is 0.113. The summed E-state index contributed by atoms with van der Waals surface area (Å²) in [4.78, 5) is 29.4. The fraction of sp³-hybridized carbons (Fsp3) is 0.719. The Morgan fingerprint density at radius 1 is 1.07 bits per heavy atom. The molecule has 0 bridgehead atoms. The number of aromatic nitrogens is 1. The maximum Gasteiger partial charge on any atom is 0.410 e. The van der Waals surface area contributed by atoms with E-state index >= 15 is 0 Å². The maximum absolute atomic E-state index is 12.4. The van der Waals surface area contributed by atoms with Crippen LogP contribution >= 0.6 is 0 Å². The second kappa shape index (κ2) is 11.0. The van der Waals surface area contributed by atoms with E-state index in [0.29, 0.717) is 17.9 Å². The third-order valence-electron chi connectivity index (χ3n) is 9.63. The Kier molecular flexibility index (Phi) is 7.33. The molecule has 1 saturated carbocycles. The third kappa shape index (κ3) is 5.60. The molecule has 10 nitrogen and oxygen atoms in total. The zero-order chi connectivity index (χ0) is 29.0. The number of allylic oxidation sites excluding steroid dienone is 1. The predicted octanol–water partition coefficient (Wildman–Crippen LogP) is 4.59. The van der Waals surface area contributed by atoms with E-state index in [1.165, 1.54) is 24.2 Å². The molecule has 6 aliphatic rings. The van der Waals surface area contributed by atoms with Crippen LogP contribution in [0.3, 0.4) is 0 Å². The highest BCUT2D eigenvalue weighted by molar-refractivity contribution is 6.03. The molecule has 5 aliphatic heterocycles. The van der Waals surface area contributed by atoms with E-state index in [4.69, 9.17) is 24.2 Å². The average molecular weight is 579 g/mol. The number of carbonyl (C=O) groups is 1. The van der Waals surface area contributed by atoms with Gasteiger partial charge in [-0.25, -0.2) is 9.78 Å². The first-order valence-electron chi connectivity index (χ1n) is 16.0. The number of pyridine rings is 1. The van der Waals surface area contributed by atoms with Crippen LogP contribution in [0.5, 0.6) is 0 Å². The van der Waals surface area contributed by atoms with Gasteiger partial charge < -0.3 is 29.3 Å². The Balaban J connectivity index is 1.02. The van der Waals surface area contributed by atoms with Gasteiger partial charge in [0.1, 0.15) is 17.5 Å². The van der Waals surface area contributed by atoms with Gasteiger partial charge in [0, 0.05) is 56.4 Å². The highest BCUT2D eigenvalue weighted by Crippen LogP contribution is 2.45. The molecule has 2 atom stereocenters. The number of dihydropyridines is 1. The van der Waals surface area contributed by atoms with E-state index in [1.807, 2.05) is 31.9 Å². The number of amides is 1. The summed E-state index contributed by atoms with van der Waals surface area (Å²) in [6, 6.07) is 2.82. The van der Waals surface area contributed by atoms with Crippen molar-refractivity contribution in [3.05, 3.63) is 29.3 Å². The van der Waals surface area contributed by atoms with Gasteiger partial charge in [-0.05, 0) is 78.5 Å². The van der Waals surface area contributed by atoms with Crippen molar-refractivity contribution in [1.29, 1.82) is 0 Å². The number of nitrogens with zero attached hydrogens (tertiary/aromatic N) is 5. The lowest BCUT2D eigenvalue weighted by Gasteiger charge is -2.48. The van der Waals surface area contributed by atoms with E-state index in [9.17, 15) is 4.79 Å². The summed E-state index contributed by atoms with van der Waals surface area (Å²) >= 11 is 0. The molecular weight excluding hydrogens is 532 g/mol. The summed E-state index contributed by atoms with van der Waals surface area (Å²) in [6.45, 7) is 14.8. The molecule has 3 saturated heterocycles. The molecule has 1 aromatic rings. The zero-order valence-electron chi connectivity index (χ0n) is 25.6. The van der Waals surface area contributed by atoms with Crippen LogP contribution in [0.2, 0.25) is 0 Å². The van der Waals surface area contributed by atoms with Crippen molar-refractivity contribution < 1.29 is 19.0 Å². The van der Waals surface area contributed by atoms with E-state index in [2.05, 4.69) is 28.1 Å². The molecule has 0 aromatic carbocycles. The number of fused-ring (bicyclic) bond motifs is 1. The van der Waals surface area contributed by atoms with E-state index < -0.39 is 5.60 Å². The summed E-state index contributed by atoms with van der Waals surface area (Å²) in [5, 5.41) is 3.77. The van der Waals surface area contributed by atoms with Crippen molar-refractivity contribution in [2.45, 2.75) is 83.6 Å². The van der Waals surface area contributed by atoms with Crippen LogP contribution in [0, 0.1) is 11.8 Å². The number of hydrogen-bond donors (Lipinski definition) is 1. The van der Waals surface area contributed by atoms with Gasteiger partial charge in [0.25, 0.3) is 0 Å². The molecule has 6 heterocycles. The van der Waals surface area contributed by atoms with Gasteiger partial charge in [-0.2, -0.15) is 0 Å². The van der Waals surface area contributed by atoms with Crippen molar-refractivity contribution in [1.82, 2.24) is 14.8 Å². The van der Waals surface area contributed by atoms with E-state index in [-0.39, 0.29) is 18.2 Å². The molecule has 7 rings (SSSR count). The lowest BCUT2D eigenvalue weighted by Crippen LogP contribution is -2.63. The molecule has 0 radical (unpaired) electrons. The second-order valence-electron chi connectivity index (χ2n) is 13.9. The molecule has 228 valence electrons. The van der Waals surface area contributed by atoms with Gasteiger partial charge in [0.2, 0.25) is 0 Å². The van der Waals surface area contributed by atoms with Crippen molar-refractivity contribution in [2.75, 3.05) is 62.7 Å². The molecule has 2 unspecified atom stereocenters. The standard InChI is InChI=1S/C32H46N6O4/c1-20-27-26(37-13-15-40-16-14-37)7-10-33-30(27)35-25-17-24(34-28(22-5-6-22)29(25)41-20)21-8-11-36(12-9-21)23-18-38(19-23)31(39)42-32(2,3)4/h7,10,20-24H,5-6,8-9,11-19H2,1-4H3,(H,33,35).